The minimum absolute atomic E-state index is 0.0158. The van der Waals surface area contributed by atoms with Crippen LogP contribution in [-0.4, -0.2) is 44.8 Å². The molecule has 2 N–H and O–H groups in total. The maximum atomic E-state index is 12.4. The summed E-state index contributed by atoms with van der Waals surface area (Å²) in [7, 11) is -3.52. The molecular weight excluding hydrogens is 354 g/mol. The van der Waals surface area contributed by atoms with Gasteiger partial charge in [-0.1, -0.05) is 20.3 Å². The average molecular weight is 381 g/mol. The Morgan fingerprint density at radius 3 is 2.50 bits per heavy atom. The molecule has 7 nitrogen and oxygen atoms in total. The monoisotopic (exact) mass is 381 g/mol. The first kappa shape index (κ1) is 20.4. The van der Waals surface area contributed by atoms with Gasteiger partial charge >= 0.3 is 0 Å². The molecule has 1 aromatic carbocycles. The van der Waals surface area contributed by atoms with Gasteiger partial charge in [0.2, 0.25) is 21.8 Å². The molecular formula is C18H27N3O4S. The van der Waals surface area contributed by atoms with E-state index in [0.29, 0.717) is 31.7 Å². The van der Waals surface area contributed by atoms with Crippen LogP contribution in [0.2, 0.25) is 0 Å². The van der Waals surface area contributed by atoms with Crippen LogP contribution >= 0.6 is 0 Å². The molecule has 1 aliphatic rings. The van der Waals surface area contributed by atoms with Crippen LogP contribution in [0.4, 0.5) is 5.69 Å². The van der Waals surface area contributed by atoms with E-state index in [1.807, 2.05) is 6.92 Å². The summed E-state index contributed by atoms with van der Waals surface area (Å²) < 4.78 is 26.6. The second kappa shape index (κ2) is 9.14. The summed E-state index contributed by atoms with van der Waals surface area (Å²) in [5, 5.41) is 2.77. The van der Waals surface area contributed by atoms with Gasteiger partial charge in [-0.15, -0.1) is 0 Å². The molecule has 1 atom stereocenters. The number of rotatable bonds is 9. The number of benzene rings is 1. The number of hydrogen-bond donors (Lipinski definition) is 2. The Bertz CT molecular complexity index is 731. The fraction of sp³-hybridized carbons (Fsp3) is 0.556. The van der Waals surface area contributed by atoms with Gasteiger partial charge < -0.3 is 10.2 Å². The quantitative estimate of drug-likeness (QED) is 0.683. The van der Waals surface area contributed by atoms with Gasteiger partial charge in [-0.25, -0.2) is 13.1 Å². The zero-order valence-electron chi connectivity index (χ0n) is 15.3. The minimum atomic E-state index is -3.52. The Kier molecular flexibility index (Phi) is 7.16. The summed E-state index contributed by atoms with van der Waals surface area (Å²) in [4.78, 5) is 26.2. The van der Waals surface area contributed by atoms with Crippen LogP contribution in [-0.2, 0) is 19.6 Å². The Morgan fingerprint density at radius 2 is 1.88 bits per heavy atom. The van der Waals surface area contributed by atoms with E-state index in [1.165, 1.54) is 12.1 Å². The molecule has 2 rings (SSSR count). The third kappa shape index (κ3) is 5.28. The first-order chi connectivity index (χ1) is 12.4. The average Bonchev–Trinajstić information content (AvgIpc) is 2.99. The highest BCUT2D eigenvalue weighted by molar-refractivity contribution is 7.89. The molecule has 2 amide bonds. The van der Waals surface area contributed by atoms with E-state index < -0.39 is 10.0 Å². The number of anilines is 1. The van der Waals surface area contributed by atoms with Gasteiger partial charge in [0.15, 0.2) is 0 Å². The van der Waals surface area contributed by atoms with Crippen LogP contribution in [0.25, 0.3) is 0 Å². The predicted octanol–water partition coefficient (Wildman–Crippen LogP) is 1.96. The molecule has 0 radical (unpaired) electrons. The van der Waals surface area contributed by atoms with Crippen molar-refractivity contribution in [3.8, 4) is 0 Å². The molecule has 0 aromatic heterocycles. The van der Waals surface area contributed by atoms with Crippen LogP contribution in [0.1, 0.15) is 39.5 Å². The largest absolute Gasteiger partial charge is 0.342 e. The van der Waals surface area contributed by atoms with Crippen molar-refractivity contribution < 1.29 is 18.0 Å². The molecule has 144 valence electrons. The van der Waals surface area contributed by atoms with Crippen LogP contribution in [0.3, 0.4) is 0 Å². The number of amides is 2. The van der Waals surface area contributed by atoms with Crippen molar-refractivity contribution in [3.05, 3.63) is 24.3 Å². The first-order valence-corrected chi connectivity index (χ1v) is 10.5. The van der Waals surface area contributed by atoms with Gasteiger partial charge in [0.1, 0.15) is 0 Å². The summed E-state index contributed by atoms with van der Waals surface area (Å²) in [6.45, 7) is 5.46. The third-order valence-electron chi connectivity index (χ3n) is 4.34. The number of hydrogen-bond acceptors (Lipinski definition) is 4. The van der Waals surface area contributed by atoms with Gasteiger partial charge in [0.05, 0.1) is 10.8 Å². The molecule has 0 spiro atoms. The Morgan fingerprint density at radius 1 is 1.19 bits per heavy atom. The summed E-state index contributed by atoms with van der Waals surface area (Å²) in [5.74, 6) is -0.562. The van der Waals surface area contributed by atoms with E-state index in [2.05, 4.69) is 17.0 Å². The topological polar surface area (TPSA) is 95.6 Å². The number of carbonyl (C=O) groups excluding carboxylic acids is 2. The molecule has 0 aliphatic carbocycles. The van der Waals surface area contributed by atoms with Crippen molar-refractivity contribution >= 4 is 27.5 Å². The molecule has 26 heavy (non-hydrogen) atoms. The van der Waals surface area contributed by atoms with E-state index in [1.54, 1.807) is 17.0 Å². The van der Waals surface area contributed by atoms with Gasteiger partial charge in [-0.2, -0.15) is 0 Å². The van der Waals surface area contributed by atoms with Crippen LogP contribution in [0.15, 0.2) is 29.2 Å². The molecule has 1 fully saturated rings. The van der Waals surface area contributed by atoms with Gasteiger partial charge in [0, 0.05) is 31.7 Å². The van der Waals surface area contributed by atoms with E-state index in [4.69, 9.17) is 0 Å². The molecule has 1 aliphatic heterocycles. The highest BCUT2D eigenvalue weighted by Gasteiger charge is 2.33. The van der Waals surface area contributed by atoms with Gasteiger partial charge in [-0.3, -0.25) is 9.59 Å². The SMILES string of the molecule is CCCCN1C[C@H](C(=O)Nc2ccc(S(=O)(=O)NCCC)cc2)CC1=O. The lowest BCUT2D eigenvalue weighted by molar-refractivity contribution is -0.128. The van der Waals surface area contributed by atoms with Crippen molar-refractivity contribution in [2.75, 3.05) is 25.0 Å². The van der Waals surface area contributed by atoms with Crippen molar-refractivity contribution in [1.82, 2.24) is 9.62 Å². The smallest absolute Gasteiger partial charge is 0.240 e. The number of sulfonamides is 1. The molecule has 0 saturated carbocycles. The number of nitrogens with zero attached hydrogens (tertiary/aromatic N) is 1. The molecule has 1 saturated heterocycles. The lowest BCUT2D eigenvalue weighted by Crippen LogP contribution is -2.29. The second-order valence-corrected chi connectivity index (χ2v) is 8.27. The first-order valence-electron chi connectivity index (χ1n) is 9.05. The number of carbonyl (C=O) groups is 2. The number of unbranched alkanes of at least 4 members (excludes halogenated alkanes) is 1. The van der Waals surface area contributed by atoms with E-state index in [0.717, 1.165) is 12.8 Å². The summed E-state index contributed by atoms with van der Waals surface area (Å²) in [6.07, 6.45) is 2.87. The van der Waals surface area contributed by atoms with E-state index in [-0.39, 0.29) is 29.0 Å². The lowest BCUT2D eigenvalue weighted by Gasteiger charge is -2.16. The minimum Gasteiger partial charge on any atom is -0.342 e. The van der Waals surface area contributed by atoms with Gasteiger partial charge in [-0.05, 0) is 37.1 Å². The van der Waals surface area contributed by atoms with Crippen LogP contribution in [0.5, 0.6) is 0 Å². The van der Waals surface area contributed by atoms with Crippen molar-refractivity contribution in [1.29, 1.82) is 0 Å². The van der Waals surface area contributed by atoms with Crippen LogP contribution < -0.4 is 10.0 Å². The predicted molar refractivity (Wildman–Crippen MR) is 100 cm³/mol. The summed E-state index contributed by atoms with van der Waals surface area (Å²) in [5.41, 5.74) is 0.517. The zero-order chi connectivity index (χ0) is 19.2. The Labute approximate surface area is 155 Å². The Hall–Kier alpha value is -1.93. The molecule has 0 unspecified atom stereocenters. The maximum absolute atomic E-state index is 12.4. The number of nitrogens with one attached hydrogen (secondary N) is 2. The standard InChI is InChI=1S/C18H27N3O4S/c1-3-5-11-21-13-14(12-17(21)22)18(23)20-15-6-8-16(9-7-15)26(24,25)19-10-4-2/h6-9,14,19H,3-5,10-13H2,1-2H3,(H,20,23)/t14-/m1/s1. The van der Waals surface area contributed by atoms with Crippen molar-refractivity contribution in [2.24, 2.45) is 5.92 Å². The third-order valence-corrected chi connectivity index (χ3v) is 5.82. The zero-order valence-corrected chi connectivity index (χ0v) is 16.1. The molecule has 1 aromatic rings. The second-order valence-electron chi connectivity index (χ2n) is 6.51. The van der Waals surface area contributed by atoms with Gasteiger partial charge in [0.25, 0.3) is 0 Å². The van der Waals surface area contributed by atoms with E-state index in [9.17, 15) is 18.0 Å². The molecule has 0 bridgehead atoms. The summed E-state index contributed by atoms with van der Waals surface area (Å²) >= 11 is 0. The normalized spacial score (nSPS) is 17.5. The van der Waals surface area contributed by atoms with Crippen molar-refractivity contribution in [3.63, 3.8) is 0 Å². The van der Waals surface area contributed by atoms with Crippen molar-refractivity contribution in [2.45, 2.75) is 44.4 Å². The fourth-order valence-corrected chi connectivity index (χ4v) is 3.93. The Balaban J connectivity index is 1.95. The highest BCUT2D eigenvalue weighted by atomic mass is 32.2. The van der Waals surface area contributed by atoms with Crippen LogP contribution in [0, 0.1) is 5.92 Å². The lowest BCUT2D eigenvalue weighted by atomic mass is 10.1. The molecule has 1 heterocycles. The maximum Gasteiger partial charge on any atom is 0.240 e. The highest BCUT2D eigenvalue weighted by Crippen LogP contribution is 2.21. The fourth-order valence-electron chi connectivity index (χ4n) is 2.79. The number of likely N-dealkylation sites (tertiary alicyclic amines) is 1. The van der Waals surface area contributed by atoms with E-state index >= 15 is 0 Å². The summed E-state index contributed by atoms with van der Waals surface area (Å²) in [6, 6.07) is 6.04. The molecule has 8 heteroatoms.